The molecule has 1 atom stereocenters. The van der Waals surface area contributed by atoms with Gasteiger partial charge in [0.05, 0.1) is 11.0 Å². The van der Waals surface area contributed by atoms with Gasteiger partial charge in [-0.2, -0.15) is 0 Å². The molecule has 0 saturated heterocycles. The standard InChI is InChI=1S/C26H29BrN2O4.C17H12BrNO3/c1-16(2)22(25(32)33-26(3,4)5)28-24(31)20-15-29(14-17-9-7-6-8-10-17)21-12-11-18(27)13-19(21)23(20)30;18-12-6-7-15-13(8-12)16(20)14(17(21)22)10-19(15)9-11-4-2-1-3-5-11/h6-13,15-16,22H,14H2,1-5H3,(H,28,31);1-8,10H,9H2,(H,21,22)/t22-;/m0./s1. The van der Waals surface area contributed by atoms with Gasteiger partial charge in [0.25, 0.3) is 5.91 Å². The van der Waals surface area contributed by atoms with Crippen molar-refractivity contribution >= 4 is 71.5 Å². The third-order valence-corrected chi connectivity index (χ3v) is 9.55. The molecule has 1 amide bonds. The Bertz CT molecular complexity index is 2490. The summed E-state index contributed by atoms with van der Waals surface area (Å²) in [7, 11) is 0. The van der Waals surface area contributed by atoms with Crippen molar-refractivity contribution in [3.8, 4) is 0 Å². The average Bonchev–Trinajstić information content (AvgIpc) is 3.13. The first kappa shape index (κ1) is 40.8. The number of aromatic nitrogens is 2. The molecule has 55 heavy (non-hydrogen) atoms. The molecule has 284 valence electrons. The Morgan fingerprint density at radius 3 is 1.56 bits per heavy atom. The molecule has 0 aliphatic heterocycles. The van der Waals surface area contributed by atoms with Crippen LogP contribution in [0.4, 0.5) is 0 Å². The highest BCUT2D eigenvalue weighted by molar-refractivity contribution is 9.10. The first-order valence-electron chi connectivity index (χ1n) is 17.5. The van der Waals surface area contributed by atoms with Crippen LogP contribution in [0.5, 0.6) is 0 Å². The summed E-state index contributed by atoms with van der Waals surface area (Å²) < 4.78 is 10.6. The summed E-state index contributed by atoms with van der Waals surface area (Å²) in [6.07, 6.45) is 2.97. The molecule has 0 fully saturated rings. The summed E-state index contributed by atoms with van der Waals surface area (Å²) >= 11 is 6.74. The van der Waals surface area contributed by atoms with Crippen molar-refractivity contribution in [2.24, 2.45) is 5.92 Å². The molecule has 10 nitrogen and oxygen atoms in total. The van der Waals surface area contributed by atoms with Crippen molar-refractivity contribution in [3.05, 3.63) is 161 Å². The third kappa shape index (κ3) is 10.3. The topological polar surface area (TPSA) is 137 Å². The summed E-state index contributed by atoms with van der Waals surface area (Å²) in [5, 5.41) is 12.8. The fourth-order valence-electron chi connectivity index (χ4n) is 5.96. The van der Waals surface area contributed by atoms with Crippen LogP contribution < -0.4 is 16.2 Å². The molecule has 4 aromatic carbocycles. The maximum Gasteiger partial charge on any atom is 0.341 e. The molecule has 0 saturated carbocycles. The first-order valence-corrected chi connectivity index (χ1v) is 19.1. The van der Waals surface area contributed by atoms with Crippen LogP contribution in [0, 0.1) is 5.92 Å². The lowest BCUT2D eigenvalue weighted by Gasteiger charge is -2.26. The van der Waals surface area contributed by atoms with E-state index in [1.165, 1.54) is 6.20 Å². The number of halogens is 2. The molecule has 2 heterocycles. The van der Waals surface area contributed by atoms with Crippen LogP contribution in [-0.4, -0.2) is 43.7 Å². The van der Waals surface area contributed by atoms with Gasteiger partial charge in [-0.1, -0.05) is 106 Å². The number of nitrogens with one attached hydrogen (secondary N) is 1. The van der Waals surface area contributed by atoms with Gasteiger partial charge < -0.3 is 24.3 Å². The number of hydrogen-bond donors (Lipinski definition) is 2. The van der Waals surface area contributed by atoms with Crippen LogP contribution in [-0.2, 0) is 22.6 Å². The van der Waals surface area contributed by atoms with E-state index in [9.17, 15) is 29.1 Å². The third-order valence-electron chi connectivity index (χ3n) is 8.56. The number of rotatable bonds is 9. The normalized spacial score (nSPS) is 11.9. The van der Waals surface area contributed by atoms with E-state index in [0.717, 1.165) is 25.6 Å². The number of carbonyl (C=O) groups excluding carboxylic acids is 2. The number of hydrogen-bond acceptors (Lipinski definition) is 6. The second-order valence-electron chi connectivity index (χ2n) is 14.3. The zero-order valence-electron chi connectivity index (χ0n) is 31.0. The highest BCUT2D eigenvalue weighted by Gasteiger charge is 2.30. The van der Waals surface area contributed by atoms with Gasteiger partial charge >= 0.3 is 11.9 Å². The van der Waals surface area contributed by atoms with Gasteiger partial charge in [0.2, 0.25) is 10.9 Å². The van der Waals surface area contributed by atoms with Gasteiger partial charge in [-0.05, 0) is 74.2 Å². The Kier molecular flexibility index (Phi) is 12.9. The van der Waals surface area contributed by atoms with Gasteiger partial charge in [0.1, 0.15) is 22.8 Å². The van der Waals surface area contributed by atoms with Crippen LogP contribution >= 0.6 is 31.9 Å². The number of amides is 1. The number of aromatic carboxylic acids is 1. The van der Waals surface area contributed by atoms with E-state index in [-0.39, 0.29) is 22.5 Å². The number of fused-ring (bicyclic) bond motifs is 2. The summed E-state index contributed by atoms with van der Waals surface area (Å²) in [6.45, 7) is 9.94. The zero-order valence-corrected chi connectivity index (χ0v) is 34.2. The second kappa shape index (κ2) is 17.4. The maximum atomic E-state index is 13.3. The predicted molar refractivity (Wildman–Crippen MR) is 222 cm³/mol. The van der Waals surface area contributed by atoms with Gasteiger partial charge in [-0.25, -0.2) is 9.59 Å². The van der Waals surface area contributed by atoms with Crippen LogP contribution in [0.1, 0.15) is 66.5 Å². The molecule has 6 aromatic rings. The highest BCUT2D eigenvalue weighted by Crippen LogP contribution is 2.21. The van der Waals surface area contributed by atoms with E-state index in [4.69, 9.17) is 4.74 Å². The summed E-state index contributed by atoms with van der Waals surface area (Å²) in [5.74, 6) is -2.56. The van der Waals surface area contributed by atoms with E-state index in [1.807, 2.05) is 103 Å². The SMILES string of the molecule is CC(C)[C@H](NC(=O)c1cn(Cc2ccccc2)c2ccc(Br)cc2c1=O)C(=O)OC(C)(C)C.O=C(O)c1cn(Cc2ccccc2)c2ccc(Br)cc2c1=O. The largest absolute Gasteiger partial charge is 0.477 e. The minimum atomic E-state index is -1.21. The lowest BCUT2D eigenvalue weighted by molar-refractivity contribution is -0.158. The van der Waals surface area contributed by atoms with Crippen molar-refractivity contribution in [2.45, 2.75) is 59.4 Å². The van der Waals surface area contributed by atoms with Gasteiger partial charge in [0, 0.05) is 45.2 Å². The Balaban J connectivity index is 0.000000228. The Hall–Kier alpha value is -5.33. The van der Waals surface area contributed by atoms with Crippen molar-refractivity contribution in [3.63, 3.8) is 0 Å². The molecule has 0 spiro atoms. The number of ether oxygens (including phenoxy) is 1. The van der Waals surface area contributed by atoms with Crippen molar-refractivity contribution in [1.29, 1.82) is 0 Å². The average molecular weight is 872 g/mol. The van der Waals surface area contributed by atoms with E-state index in [1.54, 1.807) is 43.7 Å². The lowest BCUT2D eigenvalue weighted by Crippen LogP contribution is -2.48. The minimum Gasteiger partial charge on any atom is -0.477 e. The van der Waals surface area contributed by atoms with Crippen LogP contribution in [0.15, 0.2) is 128 Å². The van der Waals surface area contributed by atoms with E-state index >= 15 is 0 Å². The summed E-state index contributed by atoms with van der Waals surface area (Å²) in [5.41, 5.74) is 1.71. The molecule has 2 N–H and O–H groups in total. The van der Waals surface area contributed by atoms with Crippen molar-refractivity contribution in [1.82, 2.24) is 14.5 Å². The number of pyridine rings is 2. The van der Waals surface area contributed by atoms with E-state index < -0.39 is 34.9 Å². The maximum absolute atomic E-state index is 13.3. The number of benzene rings is 4. The first-order chi connectivity index (χ1) is 26.0. The summed E-state index contributed by atoms with van der Waals surface area (Å²) in [4.78, 5) is 62.8. The molecular formula is C43H41Br2N3O7. The van der Waals surface area contributed by atoms with Gasteiger partial charge in [0.15, 0.2) is 0 Å². The molecule has 0 aliphatic rings. The Labute approximate surface area is 335 Å². The molecule has 0 radical (unpaired) electrons. The lowest BCUT2D eigenvalue weighted by atomic mass is 10.0. The molecule has 0 unspecified atom stereocenters. The number of carbonyl (C=O) groups is 3. The van der Waals surface area contributed by atoms with Gasteiger partial charge in [-0.15, -0.1) is 0 Å². The molecule has 6 rings (SSSR count). The Morgan fingerprint density at radius 2 is 1.15 bits per heavy atom. The minimum absolute atomic E-state index is 0.0225. The number of carboxylic acid groups (broad SMARTS) is 1. The van der Waals surface area contributed by atoms with Crippen molar-refractivity contribution in [2.75, 3.05) is 0 Å². The molecule has 2 aromatic heterocycles. The van der Waals surface area contributed by atoms with Crippen molar-refractivity contribution < 1.29 is 24.2 Å². The van der Waals surface area contributed by atoms with E-state index in [2.05, 4.69) is 37.2 Å². The number of nitrogens with zero attached hydrogens (tertiary/aromatic N) is 2. The fraction of sp³-hybridized carbons (Fsp3) is 0.233. The molecule has 0 bridgehead atoms. The fourth-order valence-corrected chi connectivity index (χ4v) is 6.68. The van der Waals surface area contributed by atoms with Crippen LogP contribution in [0.25, 0.3) is 21.8 Å². The molecular weight excluding hydrogens is 830 g/mol. The number of esters is 1. The van der Waals surface area contributed by atoms with E-state index in [0.29, 0.717) is 29.4 Å². The molecule has 0 aliphatic carbocycles. The quantitative estimate of drug-likeness (QED) is 0.139. The monoisotopic (exact) mass is 869 g/mol. The molecule has 12 heteroatoms. The smallest absolute Gasteiger partial charge is 0.341 e. The Morgan fingerprint density at radius 1 is 0.709 bits per heavy atom. The predicted octanol–water partition coefficient (Wildman–Crippen LogP) is 8.42. The summed E-state index contributed by atoms with van der Waals surface area (Å²) in [6, 6.07) is 29.3. The van der Waals surface area contributed by atoms with Crippen LogP contribution in [0.3, 0.4) is 0 Å². The van der Waals surface area contributed by atoms with Crippen LogP contribution in [0.2, 0.25) is 0 Å². The van der Waals surface area contributed by atoms with Gasteiger partial charge in [-0.3, -0.25) is 14.4 Å². The highest BCUT2D eigenvalue weighted by atomic mass is 79.9. The second-order valence-corrected chi connectivity index (χ2v) is 16.2. The zero-order chi connectivity index (χ0) is 40.0. The number of carboxylic acids is 1.